The molecule has 0 heterocycles. The van der Waals surface area contributed by atoms with Crippen molar-refractivity contribution in [3.05, 3.63) is 29.8 Å². The molecule has 0 saturated heterocycles. The molecule has 12 heavy (non-hydrogen) atoms. The third-order valence-corrected chi connectivity index (χ3v) is 3.38. The molecule has 0 fully saturated rings. The third-order valence-electron chi connectivity index (χ3n) is 1.98. The van der Waals surface area contributed by atoms with E-state index in [0.717, 1.165) is 5.33 Å². The highest BCUT2D eigenvalue weighted by Gasteiger charge is 2.18. The first kappa shape index (κ1) is 9.59. The zero-order valence-corrected chi connectivity index (χ0v) is 8.93. The second-order valence-corrected chi connectivity index (χ2v) is 4.13. The summed E-state index contributed by atoms with van der Waals surface area (Å²) in [5, 5.41) is 10.0. The minimum absolute atomic E-state index is 0.133. The molecule has 1 nitrogen and oxygen atoms in total. The molecule has 2 heteroatoms. The van der Waals surface area contributed by atoms with Crippen LogP contribution in [0.4, 0.5) is 0 Å². The Morgan fingerprint density at radius 2 is 1.75 bits per heavy atom. The van der Waals surface area contributed by atoms with Gasteiger partial charge >= 0.3 is 0 Å². The Kier molecular flexibility index (Phi) is 2.78. The van der Waals surface area contributed by atoms with Crippen LogP contribution in [0.2, 0.25) is 0 Å². The van der Waals surface area contributed by atoms with Gasteiger partial charge in [-0.15, -0.1) is 0 Å². The van der Waals surface area contributed by atoms with Crippen molar-refractivity contribution < 1.29 is 5.11 Å². The molecule has 0 saturated carbocycles. The SMILES string of the molecule is CC(C)(CBr)c1ccc(O)cc1. The number of aromatic hydroxyl groups is 1. The number of phenolic OH excluding ortho intramolecular Hbond substituents is 1. The Bertz CT molecular complexity index is 251. The quantitative estimate of drug-likeness (QED) is 0.772. The lowest BCUT2D eigenvalue weighted by Gasteiger charge is -2.21. The van der Waals surface area contributed by atoms with Crippen LogP contribution in [0.5, 0.6) is 5.75 Å². The van der Waals surface area contributed by atoms with Crippen LogP contribution in [-0.4, -0.2) is 10.4 Å². The zero-order valence-electron chi connectivity index (χ0n) is 7.34. The first-order valence-corrected chi connectivity index (χ1v) is 5.04. The van der Waals surface area contributed by atoms with Crippen molar-refractivity contribution in [1.82, 2.24) is 0 Å². The molecule has 0 aliphatic heterocycles. The van der Waals surface area contributed by atoms with Gasteiger partial charge in [-0.05, 0) is 23.1 Å². The molecule has 0 amide bonds. The molecule has 1 aromatic rings. The maximum Gasteiger partial charge on any atom is 0.115 e. The van der Waals surface area contributed by atoms with Crippen LogP contribution >= 0.6 is 15.9 Å². The fourth-order valence-electron chi connectivity index (χ4n) is 0.990. The number of alkyl halides is 1. The van der Waals surface area contributed by atoms with E-state index in [4.69, 9.17) is 5.11 Å². The van der Waals surface area contributed by atoms with Gasteiger partial charge in [-0.1, -0.05) is 41.9 Å². The van der Waals surface area contributed by atoms with E-state index in [-0.39, 0.29) is 5.41 Å². The first-order valence-electron chi connectivity index (χ1n) is 3.92. The van der Waals surface area contributed by atoms with E-state index in [9.17, 15) is 0 Å². The molecule has 0 spiro atoms. The summed E-state index contributed by atoms with van der Waals surface area (Å²) < 4.78 is 0. The minimum Gasteiger partial charge on any atom is -0.508 e. The molecule has 1 aromatic carbocycles. The van der Waals surface area contributed by atoms with E-state index in [1.165, 1.54) is 5.56 Å². The van der Waals surface area contributed by atoms with E-state index in [1.807, 2.05) is 12.1 Å². The highest BCUT2D eigenvalue weighted by atomic mass is 79.9. The molecule has 0 aromatic heterocycles. The molecule has 1 N–H and O–H groups in total. The van der Waals surface area contributed by atoms with Gasteiger partial charge in [-0.3, -0.25) is 0 Å². The monoisotopic (exact) mass is 228 g/mol. The summed E-state index contributed by atoms with van der Waals surface area (Å²) in [6, 6.07) is 7.35. The molecule has 0 radical (unpaired) electrons. The average Bonchev–Trinajstić information content (AvgIpc) is 2.05. The molecule has 66 valence electrons. The highest BCUT2D eigenvalue weighted by Crippen LogP contribution is 2.26. The van der Waals surface area contributed by atoms with Gasteiger partial charge in [0.15, 0.2) is 0 Å². The summed E-state index contributed by atoms with van der Waals surface area (Å²) in [7, 11) is 0. The van der Waals surface area contributed by atoms with E-state index in [2.05, 4.69) is 29.8 Å². The standard InChI is InChI=1S/C10H13BrO/c1-10(2,7-11)8-3-5-9(12)6-4-8/h3-6,12H,7H2,1-2H3. The molecule has 0 bridgehead atoms. The first-order chi connectivity index (χ1) is 5.56. The summed E-state index contributed by atoms with van der Waals surface area (Å²) >= 11 is 3.46. The van der Waals surface area contributed by atoms with E-state index in [0.29, 0.717) is 5.75 Å². The number of halogens is 1. The lowest BCUT2D eigenvalue weighted by atomic mass is 9.87. The van der Waals surface area contributed by atoms with Crippen molar-refractivity contribution in [2.75, 3.05) is 5.33 Å². The van der Waals surface area contributed by atoms with Crippen molar-refractivity contribution in [3.8, 4) is 5.75 Å². The smallest absolute Gasteiger partial charge is 0.115 e. The van der Waals surface area contributed by atoms with Crippen LogP contribution < -0.4 is 0 Å². The molecular formula is C10H13BrO. The van der Waals surface area contributed by atoms with Gasteiger partial charge in [0.2, 0.25) is 0 Å². The predicted octanol–water partition coefficient (Wildman–Crippen LogP) is 3.06. The lowest BCUT2D eigenvalue weighted by Crippen LogP contribution is -2.18. The molecule has 1 rings (SSSR count). The fourth-order valence-corrected chi connectivity index (χ4v) is 1.31. The average molecular weight is 229 g/mol. The van der Waals surface area contributed by atoms with Crippen molar-refractivity contribution in [2.45, 2.75) is 19.3 Å². The fraction of sp³-hybridized carbons (Fsp3) is 0.400. The number of phenols is 1. The summed E-state index contributed by atoms with van der Waals surface area (Å²) in [6.07, 6.45) is 0. The second-order valence-electron chi connectivity index (χ2n) is 3.56. The lowest BCUT2D eigenvalue weighted by molar-refractivity contribution is 0.474. The number of hydrogen-bond acceptors (Lipinski definition) is 1. The van der Waals surface area contributed by atoms with Crippen molar-refractivity contribution in [1.29, 1.82) is 0 Å². The molecule has 0 aliphatic rings. The zero-order chi connectivity index (χ0) is 9.19. The Labute approximate surface area is 81.6 Å². The van der Waals surface area contributed by atoms with Crippen LogP contribution in [-0.2, 0) is 5.41 Å². The van der Waals surface area contributed by atoms with Crippen molar-refractivity contribution >= 4 is 15.9 Å². The minimum atomic E-state index is 0.133. The van der Waals surface area contributed by atoms with Crippen molar-refractivity contribution in [2.24, 2.45) is 0 Å². The second kappa shape index (κ2) is 3.48. The van der Waals surface area contributed by atoms with Gasteiger partial charge in [0, 0.05) is 5.33 Å². The Morgan fingerprint density at radius 1 is 1.25 bits per heavy atom. The van der Waals surface area contributed by atoms with Crippen LogP contribution in [0.15, 0.2) is 24.3 Å². The maximum absolute atomic E-state index is 9.08. The van der Waals surface area contributed by atoms with Gasteiger partial charge < -0.3 is 5.11 Å². The van der Waals surface area contributed by atoms with Crippen LogP contribution in [0.25, 0.3) is 0 Å². The van der Waals surface area contributed by atoms with Crippen LogP contribution in [0.1, 0.15) is 19.4 Å². The Morgan fingerprint density at radius 3 is 2.17 bits per heavy atom. The number of benzene rings is 1. The van der Waals surface area contributed by atoms with Crippen LogP contribution in [0.3, 0.4) is 0 Å². The van der Waals surface area contributed by atoms with Crippen LogP contribution in [0, 0.1) is 0 Å². The Hall–Kier alpha value is -0.500. The number of hydrogen-bond donors (Lipinski definition) is 1. The van der Waals surface area contributed by atoms with E-state index >= 15 is 0 Å². The van der Waals surface area contributed by atoms with Gasteiger partial charge in [-0.25, -0.2) is 0 Å². The van der Waals surface area contributed by atoms with Gasteiger partial charge in [-0.2, -0.15) is 0 Å². The molecular weight excluding hydrogens is 216 g/mol. The van der Waals surface area contributed by atoms with E-state index in [1.54, 1.807) is 12.1 Å². The van der Waals surface area contributed by atoms with Gasteiger partial charge in [0.05, 0.1) is 0 Å². The largest absolute Gasteiger partial charge is 0.508 e. The molecule has 0 aliphatic carbocycles. The summed E-state index contributed by atoms with van der Waals surface area (Å²) in [5.41, 5.74) is 1.37. The highest BCUT2D eigenvalue weighted by molar-refractivity contribution is 9.09. The van der Waals surface area contributed by atoms with Crippen molar-refractivity contribution in [3.63, 3.8) is 0 Å². The molecule has 0 unspecified atom stereocenters. The van der Waals surface area contributed by atoms with Gasteiger partial charge in [0.1, 0.15) is 5.75 Å². The van der Waals surface area contributed by atoms with Gasteiger partial charge in [0.25, 0.3) is 0 Å². The normalized spacial score (nSPS) is 11.6. The third kappa shape index (κ3) is 2.01. The number of rotatable bonds is 2. The summed E-state index contributed by atoms with van der Waals surface area (Å²) in [6.45, 7) is 4.32. The maximum atomic E-state index is 9.08. The summed E-state index contributed by atoms with van der Waals surface area (Å²) in [5.74, 6) is 0.323. The van der Waals surface area contributed by atoms with E-state index < -0.39 is 0 Å². The molecule has 0 atom stereocenters. The topological polar surface area (TPSA) is 20.2 Å². The predicted molar refractivity (Wildman–Crippen MR) is 54.9 cm³/mol. The Balaban J connectivity index is 2.96. The summed E-state index contributed by atoms with van der Waals surface area (Å²) in [4.78, 5) is 0.